The van der Waals surface area contributed by atoms with Gasteiger partial charge in [0.25, 0.3) is 0 Å². The van der Waals surface area contributed by atoms with Crippen LogP contribution in [0.4, 0.5) is 0 Å². The molecule has 2 rings (SSSR count). The smallest absolute Gasteiger partial charge is 0.166 e. The van der Waals surface area contributed by atoms with E-state index in [-0.39, 0.29) is 6.61 Å². The van der Waals surface area contributed by atoms with Crippen LogP contribution in [0, 0.1) is 11.3 Å². The first-order valence-corrected chi connectivity index (χ1v) is 6.48. The Morgan fingerprint density at radius 3 is 3.00 bits per heavy atom. The zero-order valence-corrected chi connectivity index (χ0v) is 9.79. The van der Waals surface area contributed by atoms with Gasteiger partial charge in [-0.1, -0.05) is 6.07 Å². The molecule has 0 bridgehead atoms. The number of aromatic nitrogens is 1. The quantitative estimate of drug-likeness (QED) is 0.898. The van der Waals surface area contributed by atoms with Gasteiger partial charge in [-0.05, 0) is 16.7 Å². The molecule has 0 aliphatic carbocycles. The number of fused-ring (bicyclic) bond motifs is 1. The average Bonchev–Trinajstić information content (AvgIpc) is 2.71. The first kappa shape index (κ1) is 10.7. The van der Waals surface area contributed by atoms with Crippen molar-refractivity contribution in [2.75, 3.05) is 0 Å². The highest BCUT2D eigenvalue weighted by Crippen LogP contribution is 2.34. The van der Waals surface area contributed by atoms with Gasteiger partial charge in [0, 0.05) is 16.5 Å². The summed E-state index contributed by atoms with van der Waals surface area (Å²) in [6, 6.07) is 5.50. The number of halogens is 1. The summed E-state index contributed by atoms with van der Waals surface area (Å²) in [4.78, 5) is 4.25. The van der Waals surface area contributed by atoms with Crippen LogP contribution in [-0.4, -0.2) is 10.1 Å². The van der Waals surface area contributed by atoms with Crippen LogP contribution >= 0.6 is 33.0 Å². The number of benzene rings is 1. The third kappa shape index (κ3) is 1.82. The molecule has 0 amide bonds. The Morgan fingerprint density at radius 1 is 1.60 bits per heavy atom. The van der Waals surface area contributed by atoms with Crippen molar-refractivity contribution in [2.45, 2.75) is 10.9 Å². The van der Waals surface area contributed by atoms with Crippen molar-refractivity contribution in [2.24, 2.45) is 0 Å². The standard InChI is InChI=1S/C9H5ClN2OS2/c10-15-9-12-7-6(4-13)2-1-5(3-11)8(7)14-9/h1-2,13H,4H2. The topological polar surface area (TPSA) is 56.9 Å². The molecule has 15 heavy (non-hydrogen) atoms. The third-order valence-corrected chi connectivity index (χ3v) is 4.28. The van der Waals surface area contributed by atoms with E-state index in [1.807, 2.05) is 0 Å². The average molecular weight is 257 g/mol. The van der Waals surface area contributed by atoms with Crippen LogP contribution in [0.15, 0.2) is 16.5 Å². The molecule has 1 aromatic carbocycles. The van der Waals surface area contributed by atoms with Gasteiger partial charge in [-0.25, -0.2) is 4.98 Å². The van der Waals surface area contributed by atoms with Crippen LogP contribution in [0.3, 0.4) is 0 Å². The van der Waals surface area contributed by atoms with Gasteiger partial charge in [0.1, 0.15) is 6.07 Å². The van der Waals surface area contributed by atoms with Gasteiger partial charge in [-0.2, -0.15) is 5.26 Å². The van der Waals surface area contributed by atoms with E-state index in [0.29, 0.717) is 15.4 Å². The zero-order chi connectivity index (χ0) is 10.8. The monoisotopic (exact) mass is 256 g/mol. The Bertz CT molecular complexity index is 547. The highest BCUT2D eigenvalue weighted by Gasteiger charge is 2.11. The number of nitrogens with zero attached hydrogens (tertiary/aromatic N) is 2. The lowest BCUT2D eigenvalue weighted by atomic mass is 10.1. The van der Waals surface area contributed by atoms with Crippen LogP contribution in [-0.2, 0) is 6.61 Å². The van der Waals surface area contributed by atoms with E-state index in [1.54, 1.807) is 12.1 Å². The predicted molar refractivity (Wildman–Crippen MR) is 62.0 cm³/mol. The van der Waals surface area contributed by atoms with Gasteiger partial charge in [0.2, 0.25) is 0 Å². The fraction of sp³-hybridized carbons (Fsp3) is 0.111. The van der Waals surface area contributed by atoms with E-state index < -0.39 is 0 Å². The molecule has 2 aromatic rings. The summed E-state index contributed by atoms with van der Waals surface area (Å²) >= 11 is 1.36. The first-order chi connectivity index (χ1) is 7.30. The summed E-state index contributed by atoms with van der Waals surface area (Å²) in [5.74, 6) is 0. The highest BCUT2D eigenvalue weighted by atomic mass is 35.7. The minimum absolute atomic E-state index is 0.0850. The number of thiazole rings is 1. The van der Waals surface area contributed by atoms with E-state index in [4.69, 9.17) is 21.1 Å². The van der Waals surface area contributed by atoms with Crippen LogP contribution < -0.4 is 0 Å². The number of hydrogen-bond acceptors (Lipinski definition) is 5. The summed E-state index contributed by atoms with van der Waals surface area (Å²) < 4.78 is 1.47. The summed E-state index contributed by atoms with van der Waals surface area (Å²) in [5, 5.41) is 18.0. The zero-order valence-electron chi connectivity index (χ0n) is 7.40. The molecule has 3 nitrogen and oxygen atoms in total. The highest BCUT2D eigenvalue weighted by molar-refractivity contribution is 8.22. The number of aliphatic hydroxyl groups excluding tert-OH is 1. The molecule has 0 radical (unpaired) electrons. The van der Waals surface area contributed by atoms with Crippen molar-refractivity contribution < 1.29 is 5.11 Å². The first-order valence-electron chi connectivity index (χ1n) is 4.02. The SMILES string of the molecule is N#Cc1ccc(CO)c2nc(SCl)sc12. The van der Waals surface area contributed by atoms with Gasteiger partial charge in [-0.15, -0.1) is 11.3 Å². The van der Waals surface area contributed by atoms with Gasteiger partial charge in [0.05, 0.1) is 22.4 Å². The fourth-order valence-corrected chi connectivity index (χ4v) is 2.99. The fourth-order valence-electron chi connectivity index (χ4n) is 1.29. The maximum atomic E-state index is 9.12. The molecule has 1 heterocycles. The Balaban J connectivity index is 2.78. The Hall–Kier alpha value is -0.800. The molecule has 0 aliphatic heterocycles. The van der Waals surface area contributed by atoms with E-state index in [1.165, 1.54) is 11.3 Å². The van der Waals surface area contributed by atoms with Crippen LogP contribution in [0.1, 0.15) is 11.1 Å². The van der Waals surface area contributed by atoms with E-state index in [2.05, 4.69) is 11.1 Å². The molecule has 1 aromatic heterocycles. The third-order valence-electron chi connectivity index (χ3n) is 1.96. The van der Waals surface area contributed by atoms with E-state index >= 15 is 0 Å². The molecule has 6 heteroatoms. The lowest BCUT2D eigenvalue weighted by molar-refractivity contribution is 0.283. The van der Waals surface area contributed by atoms with Crippen molar-refractivity contribution in [1.82, 2.24) is 4.98 Å². The maximum Gasteiger partial charge on any atom is 0.166 e. The molecule has 0 unspecified atom stereocenters. The molecule has 0 saturated heterocycles. The Kier molecular flexibility index (Phi) is 3.12. The molecule has 76 valence electrons. The molecule has 0 aliphatic rings. The molecule has 1 N–H and O–H groups in total. The van der Waals surface area contributed by atoms with Gasteiger partial charge in [-0.3, -0.25) is 0 Å². The molecule has 0 fully saturated rings. The van der Waals surface area contributed by atoms with Gasteiger partial charge < -0.3 is 5.11 Å². The molecular weight excluding hydrogens is 252 g/mol. The molecule has 0 saturated carbocycles. The van der Waals surface area contributed by atoms with E-state index in [0.717, 1.165) is 21.2 Å². The number of aliphatic hydroxyl groups is 1. The lowest BCUT2D eigenvalue weighted by Crippen LogP contribution is -1.86. The van der Waals surface area contributed by atoms with Gasteiger partial charge >= 0.3 is 0 Å². The normalized spacial score (nSPS) is 10.5. The number of nitriles is 1. The van der Waals surface area contributed by atoms with E-state index in [9.17, 15) is 0 Å². The maximum absolute atomic E-state index is 9.12. The van der Waals surface area contributed by atoms with Crippen LogP contribution in [0.25, 0.3) is 10.2 Å². The van der Waals surface area contributed by atoms with Crippen molar-refractivity contribution in [3.8, 4) is 6.07 Å². The molecular formula is C9H5ClN2OS2. The second-order valence-corrected chi connectivity index (χ2v) is 5.04. The largest absolute Gasteiger partial charge is 0.392 e. The second kappa shape index (κ2) is 4.37. The minimum Gasteiger partial charge on any atom is -0.392 e. The molecule has 0 spiro atoms. The Labute approximate surface area is 98.8 Å². The van der Waals surface area contributed by atoms with Gasteiger partial charge in [0.15, 0.2) is 4.34 Å². The summed E-state index contributed by atoms with van der Waals surface area (Å²) in [5.41, 5.74) is 1.96. The van der Waals surface area contributed by atoms with Crippen molar-refractivity contribution in [1.29, 1.82) is 5.26 Å². The Morgan fingerprint density at radius 2 is 2.40 bits per heavy atom. The summed E-state index contributed by atoms with van der Waals surface area (Å²) in [6.07, 6.45) is 0. The number of hydrogen-bond donors (Lipinski definition) is 1. The minimum atomic E-state index is -0.0850. The predicted octanol–water partition coefficient (Wildman–Crippen LogP) is 2.91. The van der Waals surface area contributed by atoms with Crippen molar-refractivity contribution in [3.05, 3.63) is 23.3 Å². The van der Waals surface area contributed by atoms with Crippen LogP contribution in [0.2, 0.25) is 0 Å². The lowest BCUT2D eigenvalue weighted by Gasteiger charge is -1.97. The van der Waals surface area contributed by atoms with Crippen LogP contribution in [0.5, 0.6) is 0 Å². The van der Waals surface area contributed by atoms with Crippen molar-refractivity contribution in [3.63, 3.8) is 0 Å². The summed E-state index contributed by atoms with van der Waals surface area (Å²) in [6.45, 7) is -0.0850. The molecule has 0 atom stereocenters. The second-order valence-electron chi connectivity index (χ2n) is 2.78. The van der Waals surface area contributed by atoms with Crippen molar-refractivity contribution >= 4 is 43.2 Å². The number of rotatable bonds is 2. The summed E-state index contributed by atoms with van der Waals surface area (Å²) in [7, 11) is 6.63.